The van der Waals surface area contributed by atoms with Gasteiger partial charge in [0, 0.05) is 12.2 Å². The summed E-state index contributed by atoms with van der Waals surface area (Å²) in [4.78, 5) is 13.1. The Bertz CT molecular complexity index is 672. The summed E-state index contributed by atoms with van der Waals surface area (Å²) >= 11 is 0. The average Bonchev–Trinajstić information content (AvgIpc) is 2.57. The number of allylic oxidation sites excluding steroid dienone is 2. The van der Waals surface area contributed by atoms with Crippen LogP contribution in [0.25, 0.3) is 0 Å². The lowest BCUT2D eigenvalue weighted by molar-refractivity contribution is 0.0464. The molecular formula is C27H44O2. The quantitative estimate of drug-likeness (QED) is 0.241. The summed E-state index contributed by atoms with van der Waals surface area (Å²) in [6.07, 6.45) is 6.32. The lowest BCUT2D eigenvalue weighted by atomic mass is 9.75. The van der Waals surface area contributed by atoms with E-state index in [1.165, 1.54) is 28.7 Å². The van der Waals surface area contributed by atoms with E-state index in [1.54, 1.807) is 0 Å². The maximum atomic E-state index is 13.1. The molecule has 0 fully saturated rings. The van der Waals surface area contributed by atoms with Crippen molar-refractivity contribution >= 4 is 5.78 Å². The number of Topliss-reactive ketones (excluding diaryl/α,β-unsaturated/α-hetero) is 1. The summed E-state index contributed by atoms with van der Waals surface area (Å²) in [5.41, 5.74) is 5.95. The van der Waals surface area contributed by atoms with Gasteiger partial charge in [0.1, 0.15) is 6.10 Å². The second-order valence-corrected chi connectivity index (χ2v) is 10.7. The molecule has 2 heteroatoms. The molecular weight excluding hydrogens is 356 g/mol. The Hall–Kier alpha value is -1.41. The van der Waals surface area contributed by atoms with Crippen molar-refractivity contribution in [1.82, 2.24) is 0 Å². The molecule has 0 aliphatic heterocycles. The molecule has 1 rings (SSSR count). The van der Waals surface area contributed by atoms with E-state index in [9.17, 15) is 4.79 Å². The Morgan fingerprint density at radius 2 is 1.48 bits per heavy atom. The van der Waals surface area contributed by atoms with Crippen LogP contribution in [0.15, 0.2) is 23.8 Å². The van der Waals surface area contributed by atoms with Crippen molar-refractivity contribution in [2.75, 3.05) is 6.61 Å². The van der Waals surface area contributed by atoms with Crippen LogP contribution in [0, 0.1) is 6.92 Å². The van der Waals surface area contributed by atoms with Gasteiger partial charge in [-0.15, -0.1) is 0 Å². The summed E-state index contributed by atoms with van der Waals surface area (Å²) in [5, 5.41) is 0. The van der Waals surface area contributed by atoms with Gasteiger partial charge < -0.3 is 4.74 Å². The van der Waals surface area contributed by atoms with Crippen LogP contribution in [-0.4, -0.2) is 18.5 Å². The minimum atomic E-state index is -0.406. The standard InChI is InChI=1S/C27H44O2/c1-19(2)15-13-11-12-14-16-29-21(4)25(28)22-17-23(26(5,6)7)20(3)24(18-22)27(8,9)10/h15,17-18,21H,11-14,16H2,1-10H3. The van der Waals surface area contributed by atoms with Crippen molar-refractivity contribution in [3.8, 4) is 0 Å². The number of hydrogen-bond acceptors (Lipinski definition) is 2. The van der Waals surface area contributed by atoms with Gasteiger partial charge >= 0.3 is 0 Å². The molecule has 29 heavy (non-hydrogen) atoms. The predicted molar refractivity (Wildman–Crippen MR) is 126 cm³/mol. The average molecular weight is 401 g/mol. The first kappa shape index (κ1) is 25.6. The van der Waals surface area contributed by atoms with Crippen LogP contribution in [0.5, 0.6) is 0 Å². The maximum absolute atomic E-state index is 13.1. The van der Waals surface area contributed by atoms with Crippen molar-refractivity contribution in [2.24, 2.45) is 0 Å². The number of unbranched alkanes of at least 4 members (excludes halogenated alkanes) is 3. The van der Waals surface area contributed by atoms with E-state index in [-0.39, 0.29) is 16.6 Å². The van der Waals surface area contributed by atoms with Gasteiger partial charge in [-0.1, -0.05) is 59.6 Å². The van der Waals surface area contributed by atoms with Crippen LogP contribution in [0.2, 0.25) is 0 Å². The Labute approximate surface area is 180 Å². The summed E-state index contributed by atoms with van der Waals surface area (Å²) in [5.74, 6) is 0.0885. The van der Waals surface area contributed by atoms with Gasteiger partial charge in [-0.25, -0.2) is 0 Å². The van der Waals surface area contributed by atoms with E-state index in [0.717, 1.165) is 24.8 Å². The van der Waals surface area contributed by atoms with E-state index in [0.29, 0.717) is 6.61 Å². The van der Waals surface area contributed by atoms with Gasteiger partial charge in [0.2, 0.25) is 0 Å². The topological polar surface area (TPSA) is 26.3 Å². The van der Waals surface area contributed by atoms with Crippen LogP contribution in [0.4, 0.5) is 0 Å². The molecule has 0 amide bonds. The van der Waals surface area contributed by atoms with E-state index < -0.39 is 6.10 Å². The highest BCUT2D eigenvalue weighted by molar-refractivity contribution is 5.99. The zero-order valence-corrected chi connectivity index (χ0v) is 20.7. The maximum Gasteiger partial charge on any atom is 0.191 e. The molecule has 2 nitrogen and oxygen atoms in total. The van der Waals surface area contributed by atoms with E-state index >= 15 is 0 Å². The molecule has 0 aliphatic carbocycles. The molecule has 0 heterocycles. The molecule has 1 aromatic rings. The highest BCUT2D eigenvalue weighted by Gasteiger charge is 2.27. The third-order valence-electron chi connectivity index (χ3n) is 5.45. The molecule has 1 aromatic carbocycles. The zero-order valence-electron chi connectivity index (χ0n) is 20.7. The number of carbonyl (C=O) groups excluding carboxylic acids is 1. The minimum absolute atomic E-state index is 0.00421. The summed E-state index contributed by atoms with van der Waals surface area (Å²) in [7, 11) is 0. The van der Waals surface area contributed by atoms with Gasteiger partial charge in [-0.3, -0.25) is 4.79 Å². The van der Waals surface area contributed by atoms with Crippen molar-refractivity contribution in [2.45, 2.75) is 112 Å². The number of hydrogen-bond donors (Lipinski definition) is 0. The smallest absolute Gasteiger partial charge is 0.191 e. The van der Waals surface area contributed by atoms with Crippen LogP contribution in [-0.2, 0) is 15.6 Å². The van der Waals surface area contributed by atoms with E-state index in [4.69, 9.17) is 4.74 Å². The molecule has 164 valence electrons. The van der Waals surface area contributed by atoms with Gasteiger partial charge in [0.05, 0.1) is 0 Å². The van der Waals surface area contributed by atoms with Crippen molar-refractivity contribution in [3.63, 3.8) is 0 Å². The number of ketones is 1. The third kappa shape index (κ3) is 8.09. The Kier molecular flexibility index (Phi) is 9.34. The number of carbonyl (C=O) groups is 1. The number of ether oxygens (including phenoxy) is 1. The highest BCUT2D eigenvalue weighted by Crippen LogP contribution is 2.35. The molecule has 0 bridgehead atoms. The highest BCUT2D eigenvalue weighted by atomic mass is 16.5. The first-order valence-corrected chi connectivity index (χ1v) is 11.2. The fourth-order valence-corrected chi connectivity index (χ4v) is 3.80. The molecule has 0 spiro atoms. The summed E-state index contributed by atoms with van der Waals surface area (Å²) in [6, 6.07) is 4.18. The van der Waals surface area contributed by atoms with Crippen LogP contribution in [0.3, 0.4) is 0 Å². The zero-order chi connectivity index (χ0) is 22.4. The third-order valence-corrected chi connectivity index (χ3v) is 5.45. The fourth-order valence-electron chi connectivity index (χ4n) is 3.80. The molecule has 1 unspecified atom stereocenters. The molecule has 0 radical (unpaired) electrons. The Morgan fingerprint density at radius 3 is 1.93 bits per heavy atom. The van der Waals surface area contributed by atoms with E-state index in [2.05, 4.69) is 80.5 Å². The number of rotatable bonds is 9. The van der Waals surface area contributed by atoms with Crippen LogP contribution < -0.4 is 0 Å². The molecule has 0 aromatic heterocycles. The molecule has 0 N–H and O–H groups in total. The van der Waals surface area contributed by atoms with Gasteiger partial charge in [-0.05, 0) is 86.6 Å². The number of benzene rings is 1. The van der Waals surface area contributed by atoms with Crippen molar-refractivity contribution < 1.29 is 9.53 Å². The van der Waals surface area contributed by atoms with E-state index in [1.807, 2.05) is 6.92 Å². The van der Waals surface area contributed by atoms with Gasteiger partial charge in [0.25, 0.3) is 0 Å². The monoisotopic (exact) mass is 400 g/mol. The molecule has 0 aliphatic rings. The summed E-state index contributed by atoms with van der Waals surface area (Å²) < 4.78 is 5.90. The Morgan fingerprint density at radius 1 is 0.966 bits per heavy atom. The second kappa shape index (κ2) is 10.6. The van der Waals surface area contributed by atoms with Gasteiger partial charge in [-0.2, -0.15) is 0 Å². The molecule has 0 saturated heterocycles. The second-order valence-electron chi connectivity index (χ2n) is 10.7. The first-order valence-electron chi connectivity index (χ1n) is 11.2. The minimum Gasteiger partial charge on any atom is -0.370 e. The fraction of sp³-hybridized carbons (Fsp3) is 0.667. The predicted octanol–water partition coefficient (Wildman–Crippen LogP) is 7.70. The summed E-state index contributed by atoms with van der Waals surface area (Å²) in [6.45, 7) is 22.3. The lowest BCUT2D eigenvalue weighted by Gasteiger charge is -2.30. The largest absolute Gasteiger partial charge is 0.370 e. The first-order chi connectivity index (χ1) is 13.2. The van der Waals surface area contributed by atoms with Gasteiger partial charge in [0.15, 0.2) is 5.78 Å². The normalized spacial score (nSPS) is 13.3. The van der Waals surface area contributed by atoms with Crippen LogP contribution >= 0.6 is 0 Å². The SMILES string of the molecule is CC(C)=CCCCCCOC(C)C(=O)c1cc(C(C)(C)C)c(C)c(C(C)(C)C)c1. The Balaban J connectivity index is 2.86. The lowest BCUT2D eigenvalue weighted by Crippen LogP contribution is -2.25. The molecule has 0 saturated carbocycles. The van der Waals surface area contributed by atoms with Crippen molar-refractivity contribution in [3.05, 3.63) is 46.0 Å². The van der Waals surface area contributed by atoms with Crippen molar-refractivity contribution in [1.29, 1.82) is 0 Å². The molecule has 1 atom stereocenters. The van der Waals surface area contributed by atoms with Crippen LogP contribution in [0.1, 0.15) is 115 Å².